The predicted octanol–water partition coefficient (Wildman–Crippen LogP) is 2.78. The van der Waals surface area contributed by atoms with Crippen LogP contribution in [0.4, 0.5) is 5.69 Å². The predicted molar refractivity (Wildman–Crippen MR) is 122 cm³/mol. The summed E-state index contributed by atoms with van der Waals surface area (Å²) in [5, 5.41) is 7.96. The second-order valence-electron chi connectivity index (χ2n) is 8.19. The molecule has 0 spiro atoms. The molecule has 164 valence electrons. The molecule has 1 aromatic carbocycles. The van der Waals surface area contributed by atoms with Crippen LogP contribution in [0, 0.1) is 0 Å². The fourth-order valence-corrected chi connectivity index (χ4v) is 4.43. The summed E-state index contributed by atoms with van der Waals surface area (Å²) < 4.78 is 13.4. The molecule has 2 aliphatic rings. The Labute approximate surface area is 183 Å². The second-order valence-corrected chi connectivity index (χ2v) is 8.19. The molecule has 0 amide bonds. The normalized spacial score (nSPS) is 20.4. The maximum atomic E-state index is 5.88. The third-order valence-electron chi connectivity index (χ3n) is 6.22. The van der Waals surface area contributed by atoms with E-state index in [1.165, 1.54) is 22.4 Å². The molecule has 2 fully saturated rings. The Morgan fingerprint density at radius 3 is 2.68 bits per heavy atom. The minimum atomic E-state index is 0.144. The molecule has 7 heteroatoms. The van der Waals surface area contributed by atoms with Gasteiger partial charge in [-0.3, -0.25) is 4.90 Å². The zero-order valence-electron chi connectivity index (χ0n) is 18.2. The highest BCUT2D eigenvalue weighted by molar-refractivity contribution is 5.80. The van der Waals surface area contributed by atoms with Crippen molar-refractivity contribution in [3.05, 3.63) is 54.4 Å². The lowest BCUT2D eigenvalue weighted by Gasteiger charge is -2.35. The van der Waals surface area contributed by atoms with Crippen LogP contribution in [-0.4, -0.2) is 73.7 Å². The van der Waals surface area contributed by atoms with Crippen molar-refractivity contribution in [2.75, 3.05) is 64.1 Å². The van der Waals surface area contributed by atoms with Crippen LogP contribution in [0.2, 0.25) is 0 Å². The highest BCUT2D eigenvalue weighted by Gasteiger charge is 2.20. The Balaban J connectivity index is 1.34. The molecule has 3 aromatic rings. The van der Waals surface area contributed by atoms with Gasteiger partial charge in [-0.2, -0.15) is 5.10 Å². The molecule has 0 aliphatic carbocycles. The van der Waals surface area contributed by atoms with Gasteiger partial charge in [-0.15, -0.1) is 0 Å². The van der Waals surface area contributed by atoms with Crippen LogP contribution < -0.4 is 10.2 Å². The molecule has 1 unspecified atom stereocenters. The van der Waals surface area contributed by atoms with E-state index in [0.29, 0.717) is 0 Å². The fourth-order valence-electron chi connectivity index (χ4n) is 4.43. The third kappa shape index (κ3) is 4.45. The van der Waals surface area contributed by atoms with Crippen LogP contribution >= 0.6 is 0 Å². The van der Waals surface area contributed by atoms with Crippen molar-refractivity contribution in [1.82, 2.24) is 19.8 Å². The average molecular weight is 422 g/mol. The average Bonchev–Trinajstić information content (AvgIpc) is 3.28. The fraction of sp³-hybridized carbons (Fsp3) is 0.458. The maximum absolute atomic E-state index is 5.88. The summed E-state index contributed by atoms with van der Waals surface area (Å²) in [6, 6.07) is 13.1. The van der Waals surface area contributed by atoms with E-state index < -0.39 is 0 Å². The standard InChI is InChI=1S/C24H31N5O2/c1-2-30-18-27-10-12-28(13-11-27)22-7-8-26-29-17-21(15-23(22)29)19-3-5-20(6-4-19)24-16-25-9-14-31-24/h3-8,15,17,24-25H,2,9-14,16,18H2,1H3. The number of piperazine rings is 1. The number of fused-ring (bicyclic) bond motifs is 1. The molecule has 0 bridgehead atoms. The summed E-state index contributed by atoms with van der Waals surface area (Å²) >= 11 is 0. The van der Waals surface area contributed by atoms with Gasteiger partial charge in [0, 0.05) is 63.8 Å². The number of hydrogen-bond acceptors (Lipinski definition) is 6. The number of nitrogens with zero attached hydrogens (tertiary/aromatic N) is 4. The van der Waals surface area contributed by atoms with Crippen molar-refractivity contribution >= 4 is 11.2 Å². The molecule has 2 saturated heterocycles. The van der Waals surface area contributed by atoms with E-state index in [1.807, 2.05) is 17.6 Å². The minimum Gasteiger partial charge on any atom is -0.371 e. The van der Waals surface area contributed by atoms with Gasteiger partial charge in [0.15, 0.2) is 0 Å². The topological polar surface area (TPSA) is 54.3 Å². The van der Waals surface area contributed by atoms with Crippen LogP contribution in [0.5, 0.6) is 0 Å². The summed E-state index contributed by atoms with van der Waals surface area (Å²) in [6.07, 6.45) is 4.16. The van der Waals surface area contributed by atoms with Crippen molar-refractivity contribution in [3.63, 3.8) is 0 Å². The molecule has 0 saturated carbocycles. The minimum absolute atomic E-state index is 0.144. The number of benzene rings is 1. The third-order valence-corrected chi connectivity index (χ3v) is 6.22. The molecule has 2 aliphatic heterocycles. The Hall–Kier alpha value is -2.45. The zero-order valence-corrected chi connectivity index (χ0v) is 18.2. The number of hydrogen-bond donors (Lipinski definition) is 1. The van der Waals surface area contributed by atoms with Gasteiger partial charge in [-0.25, -0.2) is 4.52 Å². The summed E-state index contributed by atoms with van der Waals surface area (Å²) in [5.41, 5.74) is 6.01. The quantitative estimate of drug-likeness (QED) is 0.661. The van der Waals surface area contributed by atoms with Crippen LogP contribution in [0.1, 0.15) is 18.6 Å². The van der Waals surface area contributed by atoms with Gasteiger partial charge in [0.25, 0.3) is 0 Å². The first-order chi connectivity index (χ1) is 15.3. The van der Waals surface area contributed by atoms with Gasteiger partial charge in [0.2, 0.25) is 0 Å². The summed E-state index contributed by atoms with van der Waals surface area (Å²) in [5.74, 6) is 0. The van der Waals surface area contributed by atoms with Crippen LogP contribution in [0.25, 0.3) is 16.6 Å². The Morgan fingerprint density at radius 2 is 1.94 bits per heavy atom. The SMILES string of the molecule is CCOCN1CCN(c2ccnn3cc(-c4ccc(C5CNCCO5)cc4)cc23)CC1. The smallest absolute Gasteiger partial charge is 0.0991 e. The van der Waals surface area contributed by atoms with E-state index in [1.54, 1.807) is 0 Å². The van der Waals surface area contributed by atoms with Gasteiger partial charge in [0.05, 0.1) is 30.6 Å². The van der Waals surface area contributed by atoms with Crippen molar-refractivity contribution in [3.8, 4) is 11.1 Å². The largest absolute Gasteiger partial charge is 0.371 e. The van der Waals surface area contributed by atoms with Crippen LogP contribution in [0.15, 0.2) is 48.8 Å². The van der Waals surface area contributed by atoms with Crippen molar-refractivity contribution in [1.29, 1.82) is 0 Å². The van der Waals surface area contributed by atoms with E-state index >= 15 is 0 Å². The first-order valence-electron chi connectivity index (χ1n) is 11.3. The van der Waals surface area contributed by atoms with Gasteiger partial charge < -0.3 is 19.7 Å². The molecule has 0 radical (unpaired) electrons. The molecule has 1 atom stereocenters. The summed E-state index contributed by atoms with van der Waals surface area (Å²) in [7, 11) is 0. The Bertz CT molecular complexity index is 989. The number of anilines is 1. The molecule has 31 heavy (non-hydrogen) atoms. The highest BCUT2D eigenvalue weighted by Crippen LogP contribution is 2.30. The van der Waals surface area contributed by atoms with Crippen molar-refractivity contribution in [2.45, 2.75) is 13.0 Å². The lowest BCUT2D eigenvalue weighted by Crippen LogP contribution is -2.47. The van der Waals surface area contributed by atoms with E-state index in [4.69, 9.17) is 9.47 Å². The monoisotopic (exact) mass is 421 g/mol. The van der Waals surface area contributed by atoms with E-state index in [0.717, 1.165) is 64.7 Å². The first-order valence-corrected chi connectivity index (χ1v) is 11.3. The number of ether oxygens (including phenoxy) is 2. The maximum Gasteiger partial charge on any atom is 0.0991 e. The zero-order chi connectivity index (χ0) is 21.0. The van der Waals surface area contributed by atoms with Crippen molar-refractivity contribution in [2.24, 2.45) is 0 Å². The number of rotatable bonds is 6. The van der Waals surface area contributed by atoms with Gasteiger partial charge in [-0.05, 0) is 30.2 Å². The molecule has 7 nitrogen and oxygen atoms in total. The Morgan fingerprint density at radius 1 is 1.10 bits per heavy atom. The van der Waals surface area contributed by atoms with Gasteiger partial charge in [-0.1, -0.05) is 24.3 Å². The van der Waals surface area contributed by atoms with E-state index in [2.05, 4.69) is 62.8 Å². The van der Waals surface area contributed by atoms with E-state index in [9.17, 15) is 0 Å². The molecule has 5 rings (SSSR count). The Kier molecular flexibility index (Phi) is 6.18. The number of aromatic nitrogens is 2. The summed E-state index contributed by atoms with van der Waals surface area (Å²) in [4.78, 5) is 4.83. The van der Waals surface area contributed by atoms with Gasteiger partial charge >= 0.3 is 0 Å². The number of morpholine rings is 1. The number of nitrogens with one attached hydrogen (secondary N) is 1. The molecular formula is C24H31N5O2. The molecule has 2 aromatic heterocycles. The molecule has 1 N–H and O–H groups in total. The molecule has 4 heterocycles. The lowest BCUT2D eigenvalue weighted by atomic mass is 10.0. The lowest BCUT2D eigenvalue weighted by molar-refractivity contribution is 0.0277. The first kappa shape index (κ1) is 20.5. The van der Waals surface area contributed by atoms with Gasteiger partial charge in [0.1, 0.15) is 0 Å². The van der Waals surface area contributed by atoms with Crippen LogP contribution in [-0.2, 0) is 9.47 Å². The van der Waals surface area contributed by atoms with Crippen molar-refractivity contribution < 1.29 is 9.47 Å². The summed E-state index contributed by atoms with van der Waals surface area (Å²) in [6.45, 7) is 10.1. The highest BCUT2D eigenvalue weighted by atomic mass is 16.5. The molecular weight excluding hydrogens is 390 g/mol. The van der Waals surface area contributed by atoms with E-state index in [-0.39, 0.29) is 6.10 Å². The van der Waals surface area contributed by atoms with Crippen LogP contribution in [0.3, 0.4) is 0 Å². The second kappa shape index (κ2) is 9.36.